The number of nitrogens with one attached hydrogen (secondary N) is 1. The van der Waals surface area contributed by atoms with Gasteiger partial charge in [-0.25, -0.2) is 9.78 Å². The fourth-order valence-corrected chi connectivity index (χ4v) is 6.07. The van der Waals surface area contributed by atoms with Crippen molar-refractivity contribution in [3.8, 4) is 0 Å². The Kier molecular flexibility index (Phi) is 4.81. The molecule has 1 aromatic heterocycles. The summed E-state index contributed by atoms with van der Waals surface area (Å²) in [6.45, 7) is 6.74. The Balaban J connectivity index is 1.36. The van der Waals surface area contributed by atoms with Crippen molar-refractivity contribution >= 4 is 5.91 Å². The minimum Gasteiger partial charge on any atom is -0.619 e. The van der Waals surface area contributed by atoms with Crippen LogP contribution in [-0.4, -0.2) is 36.2 Å². The van der Waals surface area contributed by atoms with Crippen molar-refractivity contribution in [1.29, 1.82) is 0 Å². The van der Waals surface area contributed by atoms with E-state index in [9.17, 15) is 10.0 Å². The second-order valence-corrected chi connectivity index (χ2v) is 9.60. The second kappa shape index (κ2) is 7.15. The lowest BCUT2D eigenvalue weighted by molar-refractivity contribution is -0.605. The zero-order valence-electron chi connectivity index (χ0n) is 17.7. The Bertz CT molecular complexity index is 818. The third-order valence-electron chi connectivity index (χ3n) is 7.82. The molecule has 30 heavy (non-hydrogen) atoms. The Morgan fingerprint density at radius 3 is 2.73 bits per heavy atom. The Hall–Kier alpha value is -1.74. The van der Waals surface area contributed by atoms with E-state index < -0.39 is 17.7 Å². The van der Waals surface area contributed by atoms with Crippen molar-refractivity contribution in [3.63, 3.8) is 0 Å². The summed E-state index contributed by atoms with van der Waals surface area (Å²) in [6.07, 6.45) is 5.87. The molecule has 4 saturated heterocycles. The molecule has 1 N–H and O–H groups in total. The molecule has 1 amide bonds. The van der Waals surface area contributed by atoms with Gasteiger partial charge in [0.15, 0.2) is 24.3 Å². The van der Waals surface area contributed by atoms with Crippen LogP contribution >= 0.6 is 0 Å². The molecule has 1 aliphatic carbocycles. The Morgan fingerprint density at radius 2 is 1.97 bits per heavy atom. The minimum absolute atomic E-state index is 0.172. The highest BCUT2D eigenvalue weighted by atomic mass is 17.3. The van der Waals surface area contributed by atoms with Gasteiger partial charge in [0.25, 0.3) is 5.91 Å². The van der Waals surface area contributed by atoms with E-state index in [0.717, 1.165) is 25.7 Å². The maximum absolute atomic E-state index is 12.5. The highest BCUT2D eigenvalue weighted by Crippen LogP contribution is 2.60. The molecule has 5 fully saturated rings. The van der Waals surface area contributed by atoms with Crippen LogP contribution in [0.2, 0.25) is 0 Å². The topological polar surface area (TPSA) is 93.0 Å². The number of pyridine rings is 1. The lowest BCUT2D eigenvalue weighted by atomic mass is 9.57. The largest absolute Gasteiger partial charge is 0.619 e. The molecule has 8 nitrogen and oxygen atoms in total. The summed E-state index contributed by atoms with van der Waals surface area (Å²) in [4.78, 5) is 24.5. The molecule has 2 bridgehead atoms. The van der Waals surface area contributed by atoms with Gasteiger partial charge in [-0.2, -0.15) is 4.73 Å². The van der Waals surface area contributed by atoms with Crippen LogP contribution in [0, 0.1) is 28.9 Å². The first-order chi connectivity index (χ1) is 14.3. The summed E-state index contributed by atoms with van der Waals surface area (Å²) in [5.74, 6) is 0.224. The van der Waals surface area contributed by atoms with Gasteiger partial charge in [-0.05, 0) is 43.9 Å². The molecule has 6 rings (SSSR count). The molecule has 8 atom stereocenters. The standard InChI is InChI=1S/C22H30N2O6/c1-13-4-5-17-14(2)18(12-23-19(25)15-7-10-24(26)11-8-15)27-20-22(17)16(13)6-9-21(3,28-20)29-30-22/h7-8,10-11,13-14,16-18,20H,4-6,9,12H2,1-3H3,(H,23,25)/t13-,14-,16+,17+,18-,20-,21-,22-/m1/s1. The van der Waals surface area contributed by atoms with E-state index in [4.69, 9.17) is 19.2 Å². The average molecular weight is 418 g/mol. The molecule has 5 heterocycles. The number of hydrogen-bond acceptors (Lipinski definition) is 6. The van der Waals surface area contributed by atoms with Crippen LogP contribution in [0.25, 0.3) is 0 Å². The van der Waals surface area contributed by atoms with E-state index in [1.165, 1.54) is 24.5 Å². The van der Waals surface area contributed by atoms with E-state index in [0.29, 0.717) is 28.7 Å². The molecule has 5 aliphatic rings. The molecule has 164 valence electrons. The van der Waals surface area contributed by atoms with Gasteiger partial charge in [-0.1, -0.05) is 13.8 Å². The first-order valence-corrected chi connectivity index (χ1v) is 11.0. The quantitative estimate of drug-likeness (QED) is 0.460. The van der Waals surface area contributed by atoms with Gasteiger partial charge in [0.2, 0.25) is 5.79 Å². The average Bonchev–Trinajstić information content (AvgIpc) is 2.96. The van der Waals surface area contributed by atoms with E-state index in [-0.39, 0.29) is 23.8 Å². The highest BCUT2D eigenvalue weighted by Gasteiger charge is 2.69. The number of carbonyl (C=O) groups is 1. The van der Waals surface area contributed by atoms with Crippen molar-refractivity contribution in [2.75, 3.05) is 6.54 Å². The van der Waals surface area contributed by atoms with Gasteiger partial charge in [0.1, 0.15) is 0 Å². The van der Waals surface area contributed by atoms with Crippen molar-refractivity contribution in [3.05, 3.63) is 35.3 Å². The van der Waals surface area contributed by atoms with Gasteiger partial charge in [0, 0.05) is 31.0 Å². The maximum atomic E-state index is 12.5. The van der Waals surface area contributed by atoms with Crippen LogP contribution in [0.3, 0.4) is 0 Å². The predicted octanol–water partition coefficient (Wildman–Crippen LogP) is 2.30. The molecule has 0 unspecified atom stereocenters. The number of ether oxygens (including phenoxy) is 2. The fraction of sp³-hybridized carbons (Fsp3) is 0.727. The van der Waals surface area contributed by atoms with Crippen LogP contribution in [0.4, 0.5) is 0 Å². The summed E-state index contributed by atoms with van der Waals surface area (Å²) in [5, 5.41) is 14.2. The molecule has 1 aromatic rings. The van der Waals surface area contributed by atoms with Crippen LogP contribution in [0.5, 0.6) is 0 Å². The number of rotatable bonds is 3. The molecule has 0 radical (unpaired) electrons. The smallest absolute Gasteiger partial charge is 0.251 e. The molecule has 4 aliphatic heterocycles. The summed E-state index contributed by atoms with van der Waals surface area (Å²) in [5.41, 5.74) is -0.142. The number of carbonyl (C=O) groups excluding carboxylic acids is 1. The molecule has 0 aromatic carbocycles. The van der Waals surface area contributed by atoms with E-state index >= 15 is 0 Å². The van der Waals surface area contributed by atoms with Crippen molar-refractivity contribution < 1.29 is 28.8 Å². The lowest BCUT2D eigenvalue weighted by Crippen LogP contribution is -2.71. The molecular weight excluding hydrogens is 388 g/mol. The van der Waals surface area contributed by atoms with Crippen LogP contribution in [0.1, 0.15) is 56.8 Å². The third-order valence-corrected chi connectivity index (χ3v) is 7.82. The summed E-state index contributed by atoms with van der Waals surface area (Å²) in [6, 6.07) is 3.02. The molecular formula is C22H30N2O6. The fourth-order valence-electron chi connectivity index (χ4n) is 6.07. The zero-order valence-corrected chi connectivity index (χ0v) is 17.7. The van der Waals surface area contributed by atoms with Crippen molar-refractivity contribution in [2.45, 2.75) is 70.2 Å². The van der Waals surface area contributed by atoms with E-state index in [2.05, 4.69) is 19.2 Å². The van der Waals surface area contributed by atoms with Crippen molar-refractivity contribution in [2.24, 2.45) is 23.7 Å². The minimum atomic E-state index is -0.802. The molecule has 1 spiro atoms. The lowest BCUT2D eigenvalue weighted by Gasteiger charge is -2.60. The zero-order chi connectivity index (χ0) is 21.1. The van der Waals surface area contributed by atoms with Crippen LogP contribution < -0.4 is 10.0 Å². The highest BCUT2D eigenvalue weighted by molar-refractivity contribution is 5.93. The number of nitrogens with zero attached hydrogens (tertiary/aromatic N) is 1. The first kappa shape index (κ1) is 20.2. The van der Waals surface area contributed by atoms with Crippen LogP contribution in [0.15, 0.2) is 24.5 Å². The van der Waals surface area contributed by atoms with E-state index in [1.54, 1.807) is 0 Å². The molecule has 1 saturated carbocycles. The van der Waals surface area contributed by atoms with Crippen molar-refractivity contribution in [1.82, 2.24) is 5.32 Å². The van der Waals surface area contributed by atoms with Gasteiger partial charge >= 0.3 is 0 Å². The van der Waals surface area contributed by atoms with Gasteiger partial charge in [-0.3, -0.25) is 4.79 Å². The number of amides is 1. The Labute approximate surface area is 176 Å². The third kappa shape index (κ3) is 3.04. The monoisotopic (exact) mass is 418 g/mol. The number of hydrogen-bond donors (Lipinski definition) is 1. The predicted molar refractivity (Wildman–Crippen MR) is 105 cm³/mol. The SMILES string of the molecule is C[C@H]1[C@@H](CNC(=O)c2cc[n+]([O-])cc2)O[C@@H]2O[C@@]3(C)CC[C@H]4[C@H](C)CC[C@@H]1[C@@]24OO3. The maximum Gasteiger partial charge on any atom is 0.251 e. The summed E-state index contributed by atoms with van der Waals surface area (Å²) in [7, 11) is 0. The molecule has 8 heteroatoms. The summed E-state index contributed by atoms with van der Waals surface area (Å²) < 4.78 is 13.5. The Morgan fingerprint density at radius 1 is 1.20 bits per heavy atom. The number of aromatic nitrogens is 1. The second-order valence-electron chi connectivity index (χ2n) is 9.60. The van der Waals surface area contributed by atoms with E-state index in [1.807, 2.05) is 6.92 Å². The first-order valence-electron chi connectivity index (χ1n) is 11.0. The number of fused-ring (bicyclic) bond motifs is 2. The van der Waals surface area contributed by atoms with Gasteiger partial charge in [0.05, 0.1) is 11.7 Å². The van der Waals surface area contributed by atoms with Crippen LogP contribution in [-0.2, 0) is 19.2 Å². The normalized spacial score (nSPS) is 44.8. The van der Waals surface area contributed by atoms with Gasteiger partial charge < -0.3 is 20.0 Å². The van der Waals surface area contributed by atoms with Gasteiger partial charge in [-0.15, -0.1) is 0 Å². The summed E-state index contributed by atoms with van der Waals surface area (Å²) >= 11 is 0.